The Bertz CT molecular complexity index is 262. The van der Waals surface area contributed by atoms with E-state index in [0.29, 0.717) is 6.04 Å². The lowest BCUT2D eigenvalue weighted by molar-refractivity contribution is -0.135. The Morgan fingerprint density at radius 3 is 1.88 bits per heavy atom. The Hall–Kier alpha value is -1.39. The molecule has 1 atom stereocenters. The highest BCUT2D eigenvalue weighted by Crippen LogP contribution is 2.15. The van der Waals surface area contributed by atoms with Crippen LogP contribution >= 0.6 is 0 Å². The molecule has 16 heavy (non-hydrogen) atoms. The molecular formula is C11H20N2O3. The van der Waals surface area contributed by atoms with Gasteiger partial charge in [0.25, 0.3) is 0 Å². The number of rotatable bonds is 2. The molecule has 2 amide bonds. The first-order chi connectivity index (χ1) is 7.34. The average molecular weight is 228 g/mol. The molecule has 1 unspecified atom stereocenters. The number of carbonyl (C=O) groups excluding carboxylic acids is 3. The maximum Gasteiger partial charge on any atom is 0.219 e. The summed E-state index contributed by atoms with van der Waals surface area (Å²) >= 11 is 0. The van der Waals surface area contributed by atoms with Crippen LogP contribution in [-0.2, 0) is 14.4 Å². The van der Waals surface area contributed by atoms with Crippen LogP contribution in [0, 0.1) is 0 Å². The van der Waals surface area contributed by atoms with Crippen molar-refractivity contribution in [2.24, 2.45) is 0 Å². The van der Waals surface area contributed by atoms with Gasteiger partial charge in [0.15, 0.2) is 0 Å². The molecule has 1 fully saturated rings. The number of ketones is 1. The van der Waals surface area contributed by atoms with Crippen molar-refractivity contribution in [1.82, 2.24) is 10.2 Å². The van der Waals surface area contributed by atoms with Gasteiger partial charge in [0.05, 0.1) is 6.54 Å². The van der Waals surface area contributed by atoms with Gasteiger partial charge in [-0.1, -0.05) is 0 Å². The van der Waals surface area contributed by atoms with Crippen LogP contribution < -0.4 is 5.32 Å². The van der Waals surface area contributed by atoms with Gasteiger partial charge in [-0.05, 0) is 20.3 Å². The standard InChI is InChI=1S/C6H11NO.C5H9NO2/c1-5-3-4-7(5)6(2)8;1-4(7)3-6-5(2)8/h5H,3-4H2,1-2H3;3H2,1-2H3,(H,6,8). The van der Waals surface area contributed by atoms with E-state index < -0.39 is 0 Å². The first-order valence-corrected chi connectivity index (χ1v) is 5.35. The quantitative estimate of drug-likeness (QED) is 0.741. The minimum absolute atomic E-state index is 0.0276. The fourth-order valence-electron chi connectivity index (χ4n) is 1.23. The van der Waals surface area contributed by atoms with E-state index in [1.165, 1.54) is 20.3 Å². The van der Waals surface area contributed by atoms with Gasteiger partial charge in [0.1, 0.15) is 5.78 Å². The van der Waals surface area contributed by atoms with Crippen molar-refractivity contribution in [2.45, 2.75) is 40.2 Å². The fraction of sp³-hybridized carbons (Fsp3) is 0.727. The molecule has 1 aliphatic heterocycles. The summed E-state index contributed by atoms with van der Waals surface area (Å²) in [6.45, 7) is 7.62. The molecule has 0 bridgehead atoms. The van der Waals surface area contributed by atoms with E-state index in [2.05, 4.69) is 12.2 Å². The number of nitrogens with zero attached hydrogens (tertiary/aromatic N) is 1. The third-order valence-electron chi connectivity index (χ3n) is 2.31. The van der Waals surface area contributed by atoms with Crippen molar-refractivity contribution in [3.05, 3.63) is 0 Å². The Morgan fingerprint density at radius 1 is 1.25 bits per heavy atom. The van der Waals surface area contributed by atoms with E-state index >= 15 is 0 Å². The highest BCUT2D eigenvalue weighted by Gasteiger charge is 2.24. The van der Waals surface area contributed by atoms with Crippen LogP contribution in [0.2, 0.25) is 0 Å². The molecule has 5 heteroatoms. The Balaban J connectivity index is 0.000000281. The molecule has 0 spiro atoms. The van der Waals surface area contributed by atoms with E-state index in [4.69, 9.17) is 0 Å². The van der Waals surface area contributed by atoms with E-state index in [1.807, 2.05) is 4.90 Å². The predicted octanol–water partition coefficient (Wildman–Crippen LogP) is 0.339. The molecular weight excluding hydrogens is 208 g/mol. The summed E-state index contributed by atoms with van der Waals surface area (Å²) in [7, 11) is 0. The van der Waals surface area contributed by atoms with Crippen LogP contribution in [0.1, 0.15) is 34.1 Å². The van der Waals surface area contributed by atoms with Crippen LogP contribution in [0.15, 0.2) is 0 Å². The summed E-state index contributed by atoms with van der Waals surface area (Å²) in [4.78, 5) is 32.7. The Morgan fingerprint density at radius 2 is 1.81 bits per heavy atom. The third kappa shape index (κ3) is 6.16. The number of nitrogens with one attached hydrogen (secondary N) is 1. The summed E-state index contributed by atoms with van der Waals surface area (Å²) in [5.74, 6) is 0.0177. The van der Waals surface area contributed by atoms with Gasteiger partial charge in [-0.15, -0.1) is 0 Å². The lowest BCUT2D eigenvalue weighted by atomic mass is 10.1. The van der Waals surface area contributed by atoms with Crippen molar-refractivity contribution >= 4 is 17.6 Å². The van der Waals surface area contributed by atoms with E-state index in [-0.39, 0.29) is 24.1 Å². The topological polar surface area (TPSA) is 66.5 Å². The Labute approximate surface area is 96.2 Å². The second-order valence-corrected chi connectivity index (χ2v) is 3.96. The zero-order valence-electron chi connectivity index (χ0n) is 10.4. The van der Waals surface area contributed by atoms with Gasteiger partial charge in [-0.25, -0.2) is 0 Å². The molecule has 92 valence electrons. The van der Waals surface area contributed by atoms with Crippen LogP contribution in [0.3, 0.4) is 0 Å². The smallest absolute Gasteiger partial charge is 0.219 e. The molecule has 1 rings (SSSR count). The van der Waals surface area contributed by atoms with E-state index in [1.54, 1.807) is 6.92 Å². The number of hydrogen-bond acceptors (Lipinski definition) is 3. The largest absolute Gasteiger partial charge is 0.349 e. The summed E-state index contributed by atoms with van der Waals surface area (Å²) in [6.07, 6.45) is 1.18. The lowest BCUT2D eigenvalue weighted by Gasteiger charge is -2.37. The van der Waals surface area contributed by atoms with E-state index in [0.717, 1.165) is 6.54 Å². The van der Waals surface area contributed by atoms with Crippen LogP contribution in [0.5, 0.6) is 0 Å². The molecule has 1 N–H and O–H groups in total. The number of Topliss-reactive ketones (excluding diaryl/α,β-unsaturated/α-hetero) is 1. The minimum Gasteiger partial charge on any atom is -0.349 e. The highest BCUT2D eigenvalue weighted by atomic mass is 16.2. The van der Waals surface area contributed by atoms with Crippen molar-refractivity contribution in [3.8, 4) is 0 Å². The normalized spacial score (nSPS) is 17.8. The highest BCUT2D eigenvalue weighted by molar-refractivity contribution is 5.83. The van der Waals surface area contributed by atoms with Crippen molar-refractivity contribution in [1.29, 1.82) is 0 Å². The van der Waals surface area contributed by atoms with Crippen molar-refractivity contribution in [3.63, 3.8) is 0 Å². The second kappa shape index (κ2) is 6.98. The van der Waals surface area contributed by atoms with Crippen LogP contribution in [0.25, 0.3) is 0 Å². The molecule has 0 saturated carbocycles. The van der Waals surface area contributed by atoms with Gasteiger partial charge < -0.3 is 10.2 Å². The molecule has 0 aromatic heterocycles. The maximum absolute atomic E-state index is 10.6. The number of carbonyl (C=O) groups is 3. The summed E-state index contributed by atoms with van der Waals surface area (Å²) in [5.41, 5.74) is 0. The molecule has 0 radical (unpaired) electrons. The summed E-state index contributed by atoms with van der Waals surface area (Å²) in [6, 6.07) is 0.507. The predicted molar refractivity (Wildman–Crippen MR) is 60.8 cm³/mol. The maximum atomic E-state index is 10.6. The van der Waals surface area contributed by atoms with Gasteiger partial charge in [0.2, 0.25) is 11.8 Å². The SMILES string of the molecule is CC(=O)CNC(C)=O.CC(=O)N1CCC1C. The van der Waals surface area contributed by atoms with E-state index in [9.17, 15) is 14.4 Å². The molecule has 0 aromatic rings. The van der Waals surface area contributed by atoms with Crippen LogP contribution in [-0.4, -0.2) is 41.6 Å². The molecule has 1 aliphatic rings. The molecule has 1 heterocycles. The first-order valence-electron chi connectivity index (χ1n) is 5.35. The average Bonchev–Trinajstić information content (AvgIpc) is 2.12. The number of amides is 2. The number of likely N-dealkylation sites (tertiary alicyclic amines) is 1. The van der Waals surface area contributed by atoms with Gasteiger partial charge in [-0.2, -0.15) is 0 Å². The second-order valence-electron chi connectivity index (χ2n) is 3.96. The molecule has 0 aromatic carbocycles. The number of hydrogen-bond donors (Lipinski definition) is 1. The zero-order chi connectivity index (χ0) is 12.7. The monoisotopic (exact) mass is 228 g/mol. The van der Waals surface area contributed by atoms with Gasteiger partial charge >= 0.3 is 0 Å². The van der Waals surface area contributed by atoms with Crippen molar-refractivity contribution < 1.29 is 14.4 Å². The minimum atomic E-state index is -0.166. The van der Waals surface area contributed by atoms with Gasteiger partial charge in [0, 0.05) is 26.4 Å². The lowest BCUT2D eigenvalue weighted by Crippen LogP contribution is -2.48. The van der Waals surface area contributed by atoms with Crippen LogP contribution in [0.4, 0.5) is 0 Å². The summed E-state index contributed by atoms with van der Waals surface area (Å²) < 4.78 is 0. The summed E-state index contributed by atoms with van der Waals surface area (Å²) in [5, 5.41) is 2.36. The van der Waals surface area contributed by atoms with Gasteiger partial charge in [-0.3, -0.25) is 14.4 Å². The molecule has 5 nitrogen and oxygen atoms in total. The molecule has 0 aliphatic carbocycles. The fourth-order valence-corrected chi connectivity index (χ4v) is 1.23. The third-order valence-corrected chi connectivity index (χ3v) is 2.31. The zero-order valence-corrected chi connectivity index (χ0v) is 10.4. The Kier molecular flexibility index (Phi) is 6.37. The first kappa shape index (κ1) is 14.6. The molecule has 1 saturated heterocycles. The van der Waals surface area contributed by atoms with Crippen molar-refractivity contribution in [2.75, 3.05) is 13.1 Å².